The van der Waals surface area contributed by atoms with E-state index in [9.17, 15) is 14.4 Å². The number of halogens is 1. The smallest absolute Gasteiger partial charge is 0.343 e. The fraction of sp³-hybridized carbons (Fsp3) is 0.0833. The van der Waals surface area contributed by atoms with Crippen molar-refractivity contribution in [2.45, 2.75) is 6.92 Å². The van der Waals surface area contributed by atoms with E-state index in [1.165, 1.54) is 6.21 Å². The minimum absolute atomic E-state index is 0.357. The molecule has 0 saturated carbocycles. The molecule has 9 heteroatoms. The molecular weight excluding hydrogens is 490 g/mol. The van der Waals surface area contributed by atoms with Crippen LogP contribution in [0.25, 0.3) is 0 Å². The minimum atomic E-state index is -0.917. The average Bonchev–Trinajstić information content (AvgIpc) is 2.81. The molecule has 0 aliphatic carbocycles. The highest BCUT2D eigenvalue weighted by Crippen LogP contribution is 2.17. The van der Waals surface area contributed by atoms with Crippen LogP contribution >= 0.6 is 15.9 Å². The first-order valence-electron chi connectivity index (χ1n) is 9.89. The molecule has 2 amide bonds. The number of hydrazone groups is 1. The summed E-state index contributed by atoms with van der Waals surface area (Å²) in [7, 11) is 0. The van der Waals surface area contributed by atoms with Gasteiger partial charge in [-0.25, -0.2) is 10.2 Å². The Bertz CT molecular complexity index is 1160. The van der Waals surface area contributed by atoms with Crippen molar-refractivity contribution in [1.82, 2.24) is 5.43 Å². The van der Waals surface area contributed by atoms with Crippen LogP contribution in [0.3, 0.4) is 0 Å². The number of hydrogen-bond donors (Lipinski definition) is 2. The summed E-state index contributed by atoms with van der Waals surface area (Å²) >= 11 is 3.31. The summed E-state index contributed by atoms with van der Waals surface area (Å²) in [5.74, 6) is -1.23. The molecule has 0 aliphatic rings. The second-order valence-corrected chi connectivity index (χ2v) is 7.50. The van der Waals surface area contributed by atoms with Gasteiger partial charge in [-0.2, -0.15) is 5.10 Å². The summed E-state index contributed by atoms with van der Waals surface area (Å²) in [6.45, 7) is 2.40. The molecule has 3 aromatic rings. The number of hydrogen-bond acceptors (Lipinski definition) is 6. The Kier molecular flexibility index (Phi) is 8.31. The summed E-state index contributed by atoms with van der Waals surface area (Å²) in [4.78, 5) is 36.1. The number of carbonyl (C=O) groups is 3. The lowest BCUT2D eigenvalue weighted by Crippen LogP contribution is -2.32. The van der Waals surface area contributed by atoms with E-state index in [1.807, 2.05) is 13.0 Å². The summed E-state index contributed by atoms with van der Waals surface area (Å²) in [6, 6.07) is 20.0. The minimum Gasteiger partial charge on any atom is -0.494 e. The first-order valence-corrected chi connectivity index (χ1v) is 10.7. The molecule has 0 aliphatic heterocycles. The van der Waals surface area contributed by atoms with Crippen LogP contribution in [0.2, 0.25) is 0 Å². The van der Waals surface area contributed by atoms with E-state index in [-0.39, 0.29) is 0 Å². The molecule has 0 heterocycles. The quantitative estimate of drug-likeness (QED) is 0.163. The molecule has 0 bridgehead atoms. The van der Waals surface area contributed by atoms with Crippen molar-refractivity contribution in [3.63, 3.8) is 0 Å². The van der Waals surface area contributed by atoms with Crippen molar-refractivity contribution >= 4 is 45.6 Å². The second-order valence-electron chi connectivity index (χ2n) is 6.58. The zero-order chi connectivity index (χ0) is 23.6. The molecule has 2 N–H and O–H groups in total. The fourth-order valence-corrected chi connectivity index (χ4v) is 3.01. The summed E-state index contributed by atoms with van der Waals surface area (Å²) in [5, 5.41) is 6.24. The van der Waals surface area contributed by atoms with Crippen molar-refractivity contribution in [2.75, 3.05) is 11.9 Å². The topological polar surface area (TPSA) is 106 Å². The maximum absolute atomic E-state index is 12.2. The Balaban J connectivity index is 1.48. The Morgan fingerprint density at radius 2 is 1.64 bits per heavy atom. The number of anilines is 1. The molecule has 0 unspecified atom stereocenters. The lowest BCUT2D eigenvalue weighted by molar-refractivity contribution is -0.136. The number of carbonyl (C=O) groups excluding carboxylic acids is 3. The zero-order valence-corrected chi connectivity index (χ0v) is 19.2. The van der Waals surface area contributed by atoms with E-state index in [0.29, 0.717) is 34.9 Å². The van der Waals surface area contributed by atoms with E-state index >= 15 is 0 Å². The molecule has 0 saturated heterocycles. The predicted octanol–water partition coefficient (Wildman–Crippen LogP) is 4.16. The number of nitrogens with zero attached hydrogens (tertiary/aromatic N) is 1. The number of nitrogens with one attached hydrogen (secondary N) is 2. The molecule has 8 nitrogen and oxygen atoms in total. The number of rotatable bonds is 7. The third kappa shape index (κ3) is 7.29. The van der Waals surface area contributed by atoms with Crippen molar-refractivity contribution in [3.8, 4) is 11.5 Å². The molecule has 0 aromatic heterocycles. The highest BCUT2D eigenvalue weighted by atomic mass is 79.9. The Labute approximate surface area is 198 Å². The SMILES string of the molecule is CCOc1ccc(NC(=O)C(=O)N/N=C\c2ccc(OC(=O)c3cccc(Br)c3)cc2)cc1. The highest BCUT2D eigenvalue weighted by Gasteiger charge is 2.13. The molecule has 0 fully saturated rings. The van der Waals surface area contributed by atoms with Gasteiger partial charge < -0.3 is 14.8 Å². The lowest BCUT2D eigenvalue weighted by atomic mass is 10.2. The Hall–Kier alpha value is -3.98. The van der Waals surface area contributed by atoms with Gasteiger partial charge in [0.05, 0.1) is 18.4 Å². The van der Waals surface area contributed by atoms with E-state index in [0.717, 1.165) is 4.47 Å². The van der Waals surface area contributed by atoms with Gasteiger partial charge in [-0.3, -0.25) is 9.59 Å². The van der Waals surface area contributed by atoms with Crippen LogP contribution in [0, 0.1) is 0 Å². The molecule has 0 spiro atoms. The van der Waals surface area contributed by atoms with Crippen molar-refractivity contribution in [1.29, 1.82) is 0 Å². The number of ether oxygens (including phenoxy) is 2. The van der Waals surface area contributed by atoms with Gasteiger partial charge in [0, 0.05) is 10.2 Å². The predicted molar refractivity (Wildman–Crippen MR) is 128 cm³/mol. The molecule has 0 radical (unpaired) electrons. The summed E-state index contributed by atoms with van der Waals surface area (Å²) in [5.41, 5.74) is 3.66. The van der Waals surface area contributed by atoms with Crippen molar-refractivity contribution in [2.24, 2.45) is 5.10 Å². The van der Waals surface area contributed by atoms with Crippen LogP contribution in [0.4, 0.5) is 5.69 Å². The Morgan fingerprint density at radius 3 is 2.30 bits per heavy atom. The van der Waals surface area contributed by atoms with Gasteiger partial charge in [0.25, 0.3) is 0 Å². The van der Waals surface area contributed by atoms with Crippen LogP contribution < -0.4 is 20.2 Å². The van der Waals surface area contributed by atoms with Crippen molar-refractivity contribution < 1.29 is 23.9 Å². The average molecular weight is 510 g/mol. The molecule has 33 heavy (non-hydrogen) atoms. The van der Waals surface area contributed by atoms with Crippen LogP contribution in [0.15, 0.2) is 82.4 Å². The van der Waals surface area contributed by atoms with Gasteiger partial charge in [0.2, 0.25) is 0 Å². The zero-order valence-electron chi connectivity index (χ0n) is 17.6. The van der Waals surface area contributed by atoms with Gasteiger partial charge in [-0.15, -0.1) is 0 Å². The summed E-state index contributed by atoms with van der Waals surface area (Å²) < 4.78 is 11.4. The van der Waals surface area contributed by atoms with Gasteiger partial charge in [0.15, 0.2) is 0 Å². The third-order valence-corrected chi connectivity index (χ3v) is 4.65. The number of benzene rings is 3. The molecular formula is C24H20BrN3O5. The van der Waals surface area contributed by atoms with E-state index in [2.05, 4.69) is 31.8 Å². The van der Waals surface area contributed by atoms with Crippen LogP contribution in [0.1, 0.15) is 22.8 Å². The molecule has 0 atom stereocenters. The largest absolute Gasteiger partial charge is 0.494 e. The second kappa shape index (κ2) is 11.6. The van der Waals surface area contributed by atoms with Gasteiger partial charge in [-0.05, 0) is 79.2 Å². The molecule has 3 rings (SSSR count). The normalized spacial score (nSPS) is 10.5. The molecule has 168 valence electrons. The first kappa shape index (κ1) is 23.7. The number of esters is 1. The maximum atomic E-state index is 12.2. The highest BCUT2D eigenvalue weighted by molar-refractivity contribution is 9.10. The van der Waals surface area contributed by atoms with Crippen LogP contribution in [-0.2, 0) is 9.59 Å². The van der Waals surface area contributed by atoms with E-state index in [4.69, 9.17) is 9.47 Å². The standard InChI is InChI=1S/C24H20BrN3O5/c1-2-32-20-12-8-19(9-13-20)27-22(29)23(30)28-26-15-16-6-10-21(11-7-16)33-24(31)17-4-3-5-18(25)14-17/h3-15H,2H2,1H3,(H,27,29)(H,28,30)/b26-15-. The third-order valence-electron chi connectivity index (χ3n) is 4.16. The van der Waals surface area contributed by atoms with E-state index < -0.39 is 17.8 Å². The summed E-state index contributed by atoms with van der Waals surface area (Å²) in [6.07, 6.45) is 1.36. The van der Waals surface area contributed by atoms with Gasteiger partial charge in [-0.1, -0.05) is 22.0 Å². The van der Waals surface area contributed by atoms with Gasteiger partial charge >= 0.3 is 17.8 Å². The monoisotopic (exact) mass is 509 g/mol. The Morgan fingerprint density at radius 1 is 0.939 bits per heavy atom. The fourth-order valence-electron chi connectivity index (χ4n) is 2.61. The first-order chi connectivity index (χ1) is 15.9. The maximum Gasteiger partial charge on any atom is 0.343 e. The number of amides is 2. The van der Waals surface area contributed by atoms with Crippen LogP contribution in [0.5, 0.6) is 11.5 Å². The lowest BCUT2D eigenvalue weighted by Gasteiger charge is -2.06. The van der Waals surface area contributed by atoms with Crippen LogP contribution in [-0.4, -0.2) is 30.6 Å². The van der Waals surface area contributed by atoms with Gasteiger partial charge in [0.1, 0.15) is 11.5 Å². The molecule has 3 aromatic carbocycles. The van der Waals surface area contributed by atoms with Crippen molar-refractivity contribution in [3.05, 3.63) is 88.4 Å². The van der Waals surface area contributed by atoms with E-state index in [1.54, 1.807) is 66.7 Å².